The second-order valence-corrected chi connectivity index (χ2v) is 4.46. The van der Waals surface area contributed by atoms with Crippen molar-refractivity contribution in [1.82, 2.24) is 4.90 Å². The number of benzene rings is 1. The molecule has 1 rings (SSSR count). The highest BCUT2D eigenvalue weighted by atomic mass is 16.6. The molecule has 0 heterocycles. The van der Waals surface area contributed by atoms with Crippen molar-refractivity contribution < 1.29 is 9.72 Å². The lowest BCUT2D eigenvalue weighted by molar-refractivity contribution is -0.384. The van der Waals surface area contributed by atoms with Gasteiger partial charge in [0.25, 0.3) is 5.69 Å². The summed E-state index contributed by atoms with van der Waals surface area (Å²) in [4.78, 5) is 23.8. The van der Waals surface area contributed by atoms with Gasteiger partial charge in [0, 0.05) is 32.3 Å². The molecule has 0 aliphatic carbocycles. The topological polar surface area (TPSA) is 89.5 Å². The van der Waals surface area contributed by atoms with Gasteiger partial charge in [-0.15, -0.1) is 0 Å². The second-order valence-electron chi connectivity index (χ2n) is 4.46. The molecule has 1 atom stereocenters. The minimum absolute atomic E-state index is 0.0310. The largest absolute Gasteiger partial charge is 0.341 e. The molecule has 0 spiro atoms. The second kappa shape index (κ2) is 6.84. The maximum Gasteiger partial charge on any atom is 0.269 e. The number of amides is 1. The van der Waals surface area contributed by atoms with Crippen LogP contribution in [0.1, 0.15) is 18.9 Å². The van der Waals surface area contributed by atoms with Crippen LogP contribution in [-0.2, 0) is 11.3 Å². The zero-order chi connectivity index (χ0) is 14.4. The van der Waals surface area contributed by atoms with E-state index in [0.717, 1.165) is 5.56 Å². The third kappa shape index (κ3) is 4.03. The summed E-state index contributed by atoms with van der Waals surface area (Å²) in [6.45, 7) is 2.57. The molecule has 0 fully saturated rings. The Kier molecular flexibility index (Phi) is 5.44. The number of carbonyl (C=O) groups excluding carboxylic acids is 1. The van der Waals surface area contributed by atoms with Crippen LogP contribution in [0.3, 0.4) is 0 Å². The van der Waals surface area contributed by atoms with E-state index in [9.17, 15) is 14.9 Å². The fourth-order valence-electron chi connectivity index (χ4n) is 1.87. The third-order valence-corrected chi connectivity index (χ3v) is 3.04. The summed E-state index contributed by atoms with van der Waals surface area (Å²) in [5.41, 5.74) is 6.31. The number of carbonyl (C=O) groups is 1. The number of nitro benzene ring substituents is 1. The Morgan fingerprint density at radius 1 is 1.53 bits per heavy atom. The Bertz CT molecular complexity index is 458. The molecular weight excluding hydrogens is 246 g/mol. The number of non-ortho nitro benzene ring substituents is 1. The number of nitrogens with zero attached hydrogens (tertiary/aromatic N) is 2. The first-order chi connectivity index (χ1) is 8.99. The molecule has 1 unspecified atom stereocenters. The van der Waals surface area contributed by atoms with Crippen LogP contribution in [0.2, 0.25) is 0 Å². The van der Waals surface area contributed by atoms with Gasteiger partial charge in [-0.1, -0.05) is 19.1 Å². The zero-order valence-corrected chi connectivity index (χ0v) is 11.2. The predicted molar refractivity (Wildman–Crippen MR) is 72.4 cm³/mol. The van der Waals surface area contributed by atoms with Gasteiger partial charge in [-0.2, -0.15) is 0 Å². The first-order valence-corrected chi connectivity index (χ1v) is 6.18. The molecular formula is C13H19N3O3. The van der Waals surface area contributed by atoms with Gasteiger partial charge in [-0.25, -0.2) is 0 Å². The fraction of sp³-hybridized carbons (Fsp3) is 0.462. The fourth-order valence-corrected chi connectivity index (χ4v) is 1.87. The normalized spacial score (nSPS) is 11.9. The molecule has 0 aliphatic rings. The van der Waals surface area contributed by atoms with Crippen LogP contribution in [0.5, 0.6) is 0 Å². The average Bonchev–Trinajstić information content (AvgIpc) is 2.40. The predicted octanol–water partition coefficient (Wildman–Crippen LogP) is 1.54. The van der Waals surface area contributed by atoms with E-state index in [-0.39, 0.29) is 17.5 Å². The van der Waals surface area contributed by atoms with Gasteiger partial charge in [0.15, 0.2) is 0 Å². The van der Waals surface area contributed by atoms with Gasteiger partial charge in [0.2, 0.25) is 5.91 Å². The lowest BCUT2D eigenvalue weighted by atomic mass is 10.1. The lowest BCUT2D eigenvalue weighted by Gasteiger charge is -2.22. The van der Waals surface area contributed by atoms with Gasteiger partial charge in [0.05, 0.1) is 10.8 Å². The molecule has 1 aromatic carbocycles. The monoisotopic (exact) mass is 265 g/mol. The Morgan fingerprint density at radius 3 is 2.74 bits per heavy atom. The highest BCUT2D eigenvalue weighted by Gasteiger charge is 2.19. The lowest BCUT2D eigenvalue weighted by Crippen LogP contribution is -2.35. The number of nitro groups is 1. The van der Waals surface area contributed by atoms with Crippen LogP contribution in [-0.4, -0.2) is 29.3 Å². The molecule has 0 saturated carbocycles. The summed E-state index contributed by atoms with van der Waals surface area (Å²) in [6, 6.07) is 6.29. The number of rotatable bonds is 6. The Hall–Kier alpha value is -1.95. The van der Waals surface area contributed by atoms with Gasteiger partial charge < -0.3 is 10.6 Å². The molecule has 0 saturated heterocycles. The van der Waals surface area contributed by atoms with Crippen molar-refractivity contribution in [1.29, 1.82) is 0 Å². The van der Waals surface area contributed by atoms with Crippen LogP contribution in [0.15, 0.2) is 24.3 Å². The van der Waals surface area contributed by atoms with Crippen molar-refractivity contribution in [2.24, 2.45) is 11.7 Å². The highest BCUT2D eigenvalue weighted by Crippen LogP contribution is 2.15. The van der Waals surface area contributed by atoms with Crippen molar-refractivity contribution in [3.8, 4) is 0 Å². The summed E-state index contributed by atoms with van der Waals surface area (Å²) in [6.07, 6.45) is 0.689. The number of hydrogen-bond acceptors (Lipinski definition) is 4. The Labute approximate surface area is 112 Å². The molecule has 19 heavy (non-hydrogen) atoms. The van der Waals surface area contributed by atoms with E-state index in [2.05, 4.69) is 0 Å². The molecule has 0 aromatic heterocycles. The average molecular weight is 265 g/mol. The van der Waals surface area contributed by atoms with E-state index in [0.29, 0.717) is 19.5 Å². The molecule has 0 aliphatic heterocycles. The van der Waals surface area contributed by atoms with E-state index in [4.69, 9.17) is 5.73 Å². The molecule has 2 N–H and O–H groups in total. The minimum atomic E-state index is -0.444. The van der Waals surface area contributed by atoms with Gasteiger partial charge >= 0.3 is 0 Å². The molecule has 6 nitrogen and oxygen atoms in total. The molecule has 104 valence electrons. The first kappa shape index (κ1) is 15.1. The smallest absolute Gasteiger partial charge is 0.269 e. The van der Waals surface area contributed by atoms with E-state index < -0.39 is 4.92 Å². The van der Waals surface area contributed by atoms with Crippen molar-refractivity contribution in [2.75, 3.05) is 13.6 Å². The quantitative estimate of drug-likeness (QED) is 0.624. The third-order valence-electron chi connectivity index (χ3n) is 3.04. The molecule has 1 amide bonds. The highest BCUT2D eigenvalue weighted by molar-refractivity contribution is 5.78. The Morgan fingerprint density at radius 2 is 2.21 bits per heavy atom. The standard InChI is InChI=1S/C13H19N3O3/c1-3-11(8-14)13(17)15(2)9-10-5-4-6-12(7-10)16(18)19/h4-7,11H,3,8-9,14H2,1-2H3. The van der Waals surface area contributed by atoms with E-state index in [1.54, 1.807) is 24.1 Å². The van der Waals surface area contributed by atoms with E-state index in [1.165, 1.54) is 12.1 Å². The molecule has 0 bridgehead atoms. The van der Waals surface area contributed by atoms with Gasteiger partial charge in [-0.3, -0.25) is 14.9 Å². The van der Waals surface area contributed by atoms with Crippen LogP contribution in [0.25, 0.3) is 0 Å². The van der Waals surface area contributed by atoms with Crippen LogP contribution < -0.4 is 5.73 Å². The van der Waals surface area contributed by atoms with Crippen molar-refractivity contribution in [2.45, 2.75) is 19.9 Å². The summed E-state index contributed by atoms with van der Waals surface area (Å²) in [5.74, 6) is -0.222. The Balaban J connectivity index is 2.76. The van der Waals surface area contributed by atoms with Crippen molar-refractivity contribution >= 4 is 11.6 Å². The minimum Gasteiger partial charge on any atom is -0.341 e. The summed E-state index contributed by atoms with van der Waals surface area (Å²) in [7, 11) is 1.68. The zero-order valence-electron chi connectivity index (χ0n) is 11.2. The van der Waals surface area contributed by atoms with Crippen LogP contribution in [0, 0.1) is 16.0 Å². The number of nitrogens with two attached hydrogens (primary N) is 1. The van der Waals surface area contributed by atoms with Crippen molar-refractivity contribution in [3.05, 3.63) is 39.9 Å². The van der Waals surface area contributed by atoms with Gasteiger partial charge in [0.1, 0.15) is 0 Å². The van der Waals surface area contributed by atoms with Gasteiger partial charge in [-0.05, 0) is 12.0 Å². The number of hydrogen-bond donors (Lipinski definition) is 1. The maximum atomic E-state index is 12.0. The van der Waals surface area contributed by atoms with Crippen molar-refractivity contribution in [3.63, 3.8) is 0 Å². The summed E-state index contributed by atoms with van der Waals surface area (Å²) >= 11 is 0. The molecule has 0 radical (unpaired) electrons. The van der Waals surface area contributed by atoms with E-state index >= 15 is 0 Å². The SMILES string of the molecule is CCC(CN)C(=O)N(C)Cc1cccc([N+](=O)[O-])c1. The molecule has 1 aromatic rings. The van der Waals surface area contributed by atoms with Crippen LogP contribution in [0.4, 0.5) is 5.69 Å². The summed E-state index contributed by atoms with van der Waals surface area (Å²) < 4.78 is 0. The summed E-state index contributed by atoms with van der Waals surface area (Å²) in [5, 5.41) is 10.7. The molecule has 6 heteroatoms. The maximum absolute atomic E-state index is 12.0. The van der Waals surface area contributed by atoms with E-state index in [1.807, 2.05) is 6.92 Å². The van der Waals surface area contributed by atoms with Crippen LogP contribution >= 0.6 is 0 Å². The first-order valence-electron chi connectivity index (χ1n) is 6.18.